The molecule has 0 N–H and O–H groups in total. The van der Waals surface area contributed by atoms with Crippen LogP contribution in [0.5, 0.6) is 0 Å². The highest BCUT2D eigenvalue weighted by atomic mass is 127. The van der Waals surface area contributed by atoms with Crippen LogP contribution in [0.3, 0.4) is 0 Å². The normalized spacial score (nSPS) is 11.2. The molecule has 0 saturated heterocycles. The first kappa shape index (κ1) is 14.5. The molecule has 0 radical (unpaired) electrons. The van der Waals surface area contributed by atoms with Crippen molar-refractivity contribution in [3.8, 4) is 11.3 Å². The molecule has 3 aromatic rings. The van der Waals surface area contributed by atoms with E-state index in [1.54, 1.807) is 0 Å². The van der Waals surface area contributed by atoms with Gasteiger partial charge in [0.1, 0.15) is 3.74 Å². The van der Waals surface area contributed by atoms with E-state index in [9.17, 15) is 0 Å². The molecule has 0 aliphatic carbocycles. The summed E-state index contributed by atoms with van der Waals surface area (Å²) in [5.41, 5.74) is 3.15. The molecule has 1 aromatic heterocycles. The number of hydrogen-bond donors (Lipinski definition) is 0. The van der Waals surface area contributed by atoms with Crippen molar-refractivity contribution >= 4 is 65.2 Å². The maximum atomic E-state index is 4.80. The monoisotopic (exact) mass is 501 g/mol. The van der Waals surface area contributed by atoms with E-state index in [0.717, 1.165) is 17.0 Å². The largest absolute Gasteiger partial charge is 0.250 e. The minimum atomic E-state index is 0.0576. The predicted molar refractivity (Wildman–Crippen MR) is 100 cm³/mol. The van der Waals surface area contributed by atoms with Crippen LogP contribution in [0.25, 0.3) is 22.0 Å². The van der Waals surface area contributed by atoms with Crippen LogP contribution in [0.15, 0.2) is 54.6 Å². The third kappa shape index (κ3) is 2.92. The number of nitrogens with zero attached hydrogens (tertiary/aromatic N) is 1. The molecule has 0 fully saturated rings. The summed E-state index contributed by atoms with van der Waals surface area (Å²) < 4.78 is 1.29. The molecule has 0 atom stereocenters. The SMILES string of the molecule is BrC(Br)c1cc2ccccc2c(-c2ccc(I)cc2)n1. The molecule has 100 valence electrons. The Morgan fingerprint density at radius 2 is 1.65 bits per heavy atom. The minimum Gasteiger partial charge on any atom is -0.250 e. The predicted octanol–water partition coefficient (Wildman–Crippen LogP) is 6.29. The summed E-state index contributed by atoms with van der Waals surface area (Å²) in [5, 5.41) is 2.38. The van der Waals surface area contributed by atoms with Crippen molar-refractivity contribution in [3.63, 3.8) is 0 Å². The third-order valence-corrected chi connectivity index (χ3v) is 4.76. The number of hydrogen-bond acceptors (Lipinski definition) is 1. The smallest absolute Gasteiger partial charge is 0.112 e. The number of fused-ring (bicyclic) bond motifs is 1. The topological polar surface area (TPSA) is 12.9 Å². The highest BCUT2D eigenvalue weighted by Gasteiger charge is 2.11. The maximum absolute atomic E-state index is 4.80. The van der Waals surface area contributed by atoms with Gasteiger partial charge in [0.15, 0.2) is 0 Å². The number of halogens is 3. The van der Waals surface area contributed by atoms with Gasteiger partial charge in [0, 0.05) is 14.5 Å². The average Bonchev–Trinajstić information content (AvgIpc) is 2.47. The second kappa shape index (κ2) is 6.12. The molecule has 4 heteroatoms. The fraction of sp³-hybridized carbons (Fsp3) is 0.0625. The van der Waals surface area contributed by atoms with Gasteiger partial charge in [-0.3, -0.25) is 4.98 Å². The number of rotatable bonds is 2. The Kier molecular flexibility index (Phi) is 4.43. The molecule has 1 heterocycles. The van der Waals surface area contributed by atoms with E-state index in [1.165, 1.54) is 14.3 Å². The molecule has 0 bridgehead atoms. The molecule has 0 spiro atoms. The second-order valence-corrected chi connectivity index (χ2v) is 8.73. The molecule has 0 saturated carbocycles. The molecule has 0 unspecified atom stereocenters. The van der Waals surface area contributed by atoms with Crippen LogP contribution in [0, 0.1) is 3.57 Å². The van der Waals surface area contributed by atoms with Gasteiger partial charge in [-0.25, -0.2) is 0 Å². The quantitative estimate of drug-likeness (QED) is 0.296. The lowest BCUT2D eigenvalue weighted by molar-refractivity contribution is 1.20. The van der Waals surface area contributed by atoms with E-state index >= 15 is 0 Å². The fourth-order valence-electron chi connectivity index (χ4n) is 2.16. The molecule has 0 amide bonds. The van der Waals surface area contributed by atoms with Gasteiger partial charge in [0.25, 0.3) is 0 Å². The Bertz CT molecular complexity index is 754. The Morgan fingerprint density at radius 3 is 2.35 bits per heavy atom. The summed E-state index contributed by atoms with van der Waals surface area (Å²) >= 11 is 9.39. The standard InChI is InChI=1S/C16H10Br2IN/c17-16(18)14-9-11-3-1-2-4-13(11)15(20-14)10-5-7-12(19)8-6-10/h1-9,16H. The summed E-state index contributed by atoms with van der Waals surface area (Å²) in [7, 11) is 0. The van der Waals surface area contributed by atoms with Crippen LogP contribution in [0.4, 0.5) is 0 Å². The van der Waals surface area contributed by atoms with Gasteiger partial charge in [-0.05, 0) is 46.2 Å². The zero-order valence-corrected chi connectivity index (χ0v) is 15.7. The first-order chi connectivity index (χ1) is 9.65. The van der Waals surface area contributed by atoms with E-state index in [1.807, 2.05) is 0 Å². The van der Waals surface area contributed by atoms with Crippen molar-refractivity contribution < 1.29 is 0 Å². The molecule has 20 heavy (non-hydrogen) atoms. The average molecular weight is 503 g/mol. The molecule has 3 rings (SSSR count). The molecule has 0 aliphatic rings. The van der Waals surface area contributed by atoms with Crippen molar-refractivity contribution in [1.82, 2.24) is 4.98 Å². The lowest BCUT2D eigenvalue weighted by Gasteiger charge is -2.10. The van der Waals surface area contributed by atoms with Gasteiger partial charge in [0.05, 0.1) is 11.4 Å². The number of benzene rings is 2. The Hall–Kier alpha value is -0.460. The molecular formula is C16H10Br2IN. The molecule has 1 nitrogen and oxygen atoms in total. The molecular weight excluding hydrogens is 493 g/mol. The van der Waals surface area contributed by atoms with Gasteiger partial charge >= 0.3 is 0 Å². The second-order valence-electron chi connectivity index (χ2n) is 4.42. The van der Waals surface area contributed by atoms with Gasteiger partial charge in [-0.15, -0.1) is 0 Å². The Balaban J connectivity index is 2.29. The maximum Gasteiger partial charge on any atom is 0.112 e. The Morgan fingerprint density at radius 1 is 0.950 bits per heavy atom. The first-order valence-electron chi connectivity index (χ1n) is 6.09. The fourth-order valence-corrected chi connectivity index (χ4v) is 2.99. The van der Waals surface area contributed by atoms with Crippen LogP contribution in [0.2, 0.25) is 0 Å². The van der Waals surface area contributed by atoms with Gasteiger partial charge in [-0.1, -0.05) is 68.3 Å². The highest BCUT2D eigenvalue weighted by Crippen LogP contribution is 2.34. The van der Waals surface area contributed by atoms with E-state index < -0.39 is 0 Å². The molecule has 2 aromatic carbocycles. The first-order valence-corrected chi connectivity index (χ1v) is 9.00. The van der Waals surface area contributed by atoms with Crippen LogP contribution in [-0.2, 0) is 0 Å². The number of pyridine rings is 1. The number of aromatic nitrogens is 1. The summed E-state index contributed by atoms with van der Waals surface area (Å²) in [6.07, 6.45) is 0. The van der Waals surface area contributed by atoms with Crippen molar-refractivity contribution in [2.24, 2.45) is 0 Å². The summed E-state index contributed by atoms with van der Waals surface area (Å²) in [4.78, 5) is 4.80. The van der Waals surface area contributed by atoms with Crippen LogP contribution in [0.1, 0.15) is 9.43 Å². The van der Waals surface area contributed by atoms with Crippen LogP contribution in [-0.4, -0.2) is 4.98 Å². The lowest BCUT2D eigenvalue weighted by atomic mass is 10.0. The Labute approximate surface area is 148 Å². The van der Waals surface area contributed by atoms with Crippen molar-refractivity contribution in [1.29, 1.82) is 0 Å². The summed E-state index contributed by atoms with van der Waals surface area (Å²) in [5.74, 6) is 0. The zero-order chi connectivity index (χ0) is 14.1. The van der Waals surface area contributed by atoms with Crippen molar-refractivity contribution in [2.45, 2.75) is 3.74 Å². The van der Waals surface area contributed by atoms with Crippen LogP contribution < -0.4 is 0 Å². The van der Waals surface area contributed by atoms with Gasteiger partial charge in [-0.2, -0.15) is 0 Å². The van der Waals surface area contributed by atoms with E-state index in [2.05, 4.69) is 109 Å². The zero-order valence-electron chi connectivity index (χ0n) is 10.4. The van der Waals surface area contributed by atoms with Gasteiger partial charge < -0.3 is 0 Å². The minimum absolute atomic E-state index is 0.0576. The van der Waals surface area contributed by atoms with E-state index in [-0.39, 0.29) is 3.74 Å². The number of alkyl halides is 2. The third-order valence-electron chi connectivity index (χ3n) is 3.10. The van der Waals surface area contributed by atoms with Gasteiger partial charge in [0.2, 0.25) is 0 Å². The van der Waals surface area contributed by atoms with Crippen molar-refractivity contribution in [2.75, 3.05) is 0 Å². The van der Waals surface area contributed by atoms with Crippen LogP contribution >= 0.6 is 54.5 Å². The molecule has 0 aliphatic heterocycles. The lowest BCUT2D eigenvalue weighted by Crippen LogP contribution is -1.93. The summed E-state index contributed by atoms with van der Waals surface area (Å²) in [6, 6.07) is 18.9. The van der Waals surface area contributed by atoms with Crippen molar-refractivity contribution in [3.05, 3.63) is 63.9 Å². The summed E-state index contributed by atoms with van der Waals surface area (Å²) in [6.45, 7) is 0. The van der Waals surface area contributed by atoms with E-state index in [4.69, 9.17) is 4.98 Å². The highest BCUT2D eigenvalue weighted by molar-refractivity contribution is 14.1. The van der Waals surface area contributed by atoms with E-state index in [0.29, 0.717) is 0 Å².